The molecule has 0 aliphatic heterocycles. The van der Waals surface area contributed by atoms with E-state index < -0.39 is 0 Å². The van der Waals surface area contributed by atoms with E-state index in [0.717, 1.165) is 35.1 Å². The zero-order valence-corrected chi connectivity index (χ0v) is 13.6. The van der Waals surface area contributed by atoms with Gasteiger partial charge in [-0.25, -0.2) is 9.97 Å². The molecule has 0 saturated heterocycles. The third kappa shape index (κ3) is 4.14. The van der Waals surface area contributed by atoms with Gasteiger partial charge in [0.15, 0.2) is 0 Å². The third-order valence-corrected chi connectivity index (χ3v) is 3.20. The fourth-order valence-electron chi connectivity index (χ4n) is 1.94. The Labute approximate surface area is 134 Å². The lowest BCUT2D eigenvalue weighted by Crippen LogP contribution is -2.08. The Morgan fingerprint density at radius 3 is 2.36 bits per heavy atom. The maximum Gasteiger partial charge on any atom is 0.224 e. The summed E-state index contributed by atoms with van der Waals surface area (Å²) >= 11 is 5.83. The number of nitrogens with zero attached hydrogens (tertiary/aromatic N) is 2. The van der Waals surface area contributed by atoms with Crippen molar-refractivity contribution in [3.63, 3.8) is 0 Å². The minimum atomic E-state index is 0.225. The number of anilines is 2. The quantitative estimate of drug-likeness (QED) is 0.763. The van der Waals surface area contributed by atoms with Crippen LogP contribution < -0.4 is 20.1 Å². The van der Waals surface area contributed by atoms with Crippen molar-refractivity contribution in [3.05, 3.63) is 35.2 Å². The van der Waals surface area contributed by atoms with Crippen molar-refractivity contribution in [2.24, 2.45) is 0 Å². The minimum Gasteiger partial charge on any atom is -0.497 e. The molecule has 6 nitrogen and oxygen atoms in total. The van der Waals surface area contributed by atoms with Crippen LogP contribution in [-0.2, 0) is 6.54 Å². The molecule has 0 saturated carbocycles. The Hall–Kier alpha value is -2.21. The molecule has 0 bridgehead atoms. The molecular formula is C15H19ClN4O2. The SMILES string of the molecule is CCNc1nc(Cl)ncc1CNc1cc(OC)cc(OC)c1. The van der Waals surface area contributed by atoms with E-state index in [1.54, 1.807) is 20.4 Å². The summed E-state index contributed by atoms with van der Waals surface area (Å²) in [5.41, 5.74) is 1.81. The molecule has 0 fully saturated rings. The second kappa shape index (κ2) is 7.70. The molecule has 0 aliphatic carbocycles. The van der Waals surface area contributed by atoms with Gasteiger partial charge in [0.1, 0.15) is 17.3 Å². The maximum absolute atomic E-state index is 5.83. The number of aromatic nitrogens is 2. The molecule has 22 heavy (non-hydrogen) atoms. The molecule has 0 spiro atoms. The van der Waals surface area contributed by atoms with E-state index in [1.807, 2.05) is 25.1 Å². The van der Waals surface area contributed by atoms with Crippen LogP contribution in [0.25, 0.3) is 0 Å². The minimum absolute atomic E-state index is 0.225. The standard InChI is InChI=1S/C15H19ClN4O2/c1-4-17-14-10(9-19-15(16)20-14)8-18-11-5-12(21-2)7-13(6-11)22-3/h5-7,9,18H,4,8H2,1-3H3,(H,17,19,20). The van der Waals surface area contributed by atoms with E-state index in [-0.39, 0.29) is 5.28 Å². The molecule has 1 aromatic carbocycles. The Morgan fingerprint density at radius 2 is 1.77 bits per heavy atom. The maximum atomic E-state index is 5.83. The van der Waals surface area contributed by atoms with Crippen molar-refractivity contribution in [1.29, 1.82) is 0 Å². The van der Waals surface area contributed by atoms with Gasteiger partial charge in [-0.3, -0.25) is 0 Å². The van der Waals surface area contributed by atoms with Crippen molar-refractivity contribution in [2.45, 2.75) is 13.5 Å². The van der Waals surface area contributed by atoms with Gasteiger partial charge in [-0.1, -0.05) is 0 Å². The Morgan fingerprint density at radius 1 is 1.09 bits per heavy atom. The predicted molar refractivity (Wildman–Crippen MR) is 88.1 cm³/mol. The van der Waals surface area contributed by atoms with Crippen LogP contribution in [0.15, 0.2) is 24.4 Å². The van der Waals surface area contributed by atoms with Gasteiger partial charge < -0.3 is 20.1 Å². The van der Waals surface area contributed by atoms with E-state index >= 15 is 0 Å². The van der Waals surface area contributed by atoms with Gasteiger partial charge in [0.2, 0.25) is 5.28 Å². The van der Waals surface area contributed by atoms with Crippen LogP contribution in [-0.4, -0.2) is 30.7 Å². The number of nitrogens with one attached hydrogen (secondary N) is 2. The summed E-state index contributed by atoms with van der Waals surface area (Å²) < 4.78 is 10.5. The zero-order chi connectivity index (χ0) is 15.9. The van der Waals surface area contributed by atoms with Crippen LogP contribution in [0.1, 0.15) is 12.5 Å². The van der Waals surface area contributed by atoms with Crippen LogP contribution in [0.4, 0.5) is 11.5 Å². The predicted octanol–water partition coefficient (Wildman–Crippen LogP) is 3.19. The van der Waals surface area contributed by atoms with Crippen molar-refractivity contribution in [1.82, 2.24) is 9.97 Å². The lowest BCUT2D eigenvalue weighted by atomic mass is 10.2. The van der Waals surface area contributed by atoms with Gasteiger partial charge in [-0.2, -0.15) is 0 Å². The molecule has 0 unspecified atom stereocenters. The third-order valence-electron chi connectivity index (χ3n) is 3.01. The fraction of sp³-hybridized carbons (Fsp3) is 0.333. The van der Waals surface area contributed by atoms with E-state index in [9.17, 15) is 0 Å². The summed E-state index contributed by atoms with van der Waals surface area (Å²) in [6.07, 6.45) is 1.71. The van der Waals surface area contributed by atoms with Crippen LogP contribution in [0.3, 0.4) is 0 Å². The normalized spacial score (nSPS) is 10.2. The molecule has 1 heterocycles. The highest BCUT2D eigenvalue weighted by Gasteiger charge is 2.07. The largest absolute Gasteiger partial charge is 0.497 e. The van der Waals surface area contributed by atoms with Gasteiger partial charge in [-0.05, 0) is 18.5 Å². The van der Waals surface area contributed by atoms with Crippen molar-refractivity contribution >= 4 is 23.1 Å². The first kappa shape index (κ1) is 16.2. The van der Waals surface area contributed by atoms with Crippen LogP contribution >= 0.6 is 11.6 Å². The number of rotatable bonds is 7. The first-order valence-electron chi connectivity index (χ1n) is 6.88. The molecule has 0 amide bonds. The van der Waals surface area contributed by atoms with E-state index in [4.69, 9.17) is 21.1 Å². The summed E-state index contributed by atoms with van der Waals surface area (Å²) in [5, 5.41) is 6.70. The molecule has 1 aromatic heterocycles. The molecule has 0 atom stereocenters. The average molecular weight is 323 g/mol. The smallest absolute Gasteiger partial charge is 0.224 e. The van der Waals surface area contributed by atoms with Gasteiger partial charge in [-0.15, -0.1) is 0 Å². The molecule has 118 valence electrons. The van der Waals surface area contributed by atoms with Crippen LogP contribution in [0, 0.1) is 0 Å². The molecule has 0 aliphatic rings. The van der Waals surface area contributed by atoms with Gasteiger partial charge in [0.25, 0.3) is 0 Å². The summed E-state index contributed by atoms with van der Waals surface area (Å²) in [4.78, 5) is 8.22. The van der Waals surface area contributed by atoms with Crippen molar-refractivity contribution in [3.8, 4) is 11.5 Å². The summed E-state index contributed by atoms with van der Waals surface area (Å²) in [6.45, 7) is 3.31. The summed E-state index contributed by atoms with van der Waals surface area (Å²) in [6, 6.07) is 5.61. The van der Waals surface area contributed by atoms with Gasteiger partial charge in [0, 0.05) is 48.7 Å². The zero-order valence-electron chi connectivity index (χ0n) is 12.8. The second-order valence-corrected chi connectivity index (χ2v) is 4.84. The molecule has 7 heteroatoms. The van der Waals surface area contributed by atoms with Crippen molar-refractivity contribution in [2.75, 3.05) is 31.4 Å². The van der Waals surface area contributed by atoms with E-state index in [2.05, 4.69) is 20.6 Å². The van der Waals surface area contributed by atoms with Crippen LogP contribution in [0.5, 0.6) is 11.5 Å². The highest BCUT2D eigenvalue weighted by Crippen LogP contribution is 2.26. The monoisotopic (exact) mass is 322 g/mol. The van der Waals surface area contributed by atoms with E-state index in [0.29, 0.717) is 6.54 Å². The Bertz CT molecular complexity index is 615. The molecule has 2 aromatic rings. The number of benzene rings is 1. The topological polar surface area (TPSA) is 68.3 Å². The lowest BCUT2D eigenvalue weighted by molar-refractivity contribution is 0.394. The first-order chi connectivity index (χ1) is 10.7. The summed E-state index contributed by atoms with van der Waals surface area (Å²) in [5.74, 6) is 2.17. The molecule has 2 N–H and O–H groups in total. The number of hydrogen-bond donors (Lipinski definition) is 2. The van der Waals surface area contributed by atoms with Crippen LogP contribution in [0.2, 0.25) is 5.28 Å². The highest BCUT2D eigenvalue weighted by molar-refractivity contribution is 6.28. The Balaban J connectivity index is 2.16. The summed E-state index contributed by atoms with van der Waals surface area (Å²) in [7, 11) is 3.24. The number of ether oxygens (including phenoxy) is 2. The van der Waals surface area contributed by atoms with Crippen molar-refractivity contribution < 1.29 is 9.47 Å². The molecular weight excluding hydrogens is 304 g/mol. The second-order valence-electron chi connectivity index (χ2n) is 4.50. The Kier molecular flexibility index (Phi) is 5.66. The lowest BCUT2D eigenvalue weighted by Gasteiger charge is -2.13. The average Bonchev–Trinajstić information content (AvgIpc) is 2.54. The molecule has 2 rings (SSSR count). The van der Waals surface area contributed by atoms with E-state index in [1.165, 1.54) is 0 Å². The van der Waals surface area contributed by atoms with Gasteiger partial charge >= 0.3 is 0 Å². The number of methoxy groups -OCH3 is 2. The fourth-order valence-corrected chi connectivity index (χ4v) is 2.08. The number of halogens is 1. The van der Waals surface area contributed by atoms with Gasteiger partial charge in [0.05, 0.1) is 14.2 Å². The first-order valence-corrected chi connectivity index (χ1v) is 7.26. The molecule has 0 radical (unpaired) electrons. The highest BCUT2D eigenvalue weighted by atomic mass is 35.5. The number of hydrogen-bond acceptors (Lipinski definition) is 6.